The molecule has 0 bridgehead atoms. The molecule has 1 N–H and O–H groups in total. The lowest BCUT2D eigenvalue weighted by atomic mass is 10.1. The van der Waals surface area contributed by atoms with Gasteiger partial charge in [-0.1, -0.05) is 36.4 Å². The minimum absolute atomic E-state index is 0.0665. The Bertz CT molecular complexity index is 563. The van der Waals surface area contributed by atoms with E-state index in [0.29, 0.717) is 0 Å². The third kappa shape index (κ3) is 3.62. The first-order chi connectivity index (χ1) is 9.75. The summed E-state index contributed by atoms with van der Waals surface area (Å²) in [6.45, 7) is 0.0665. The highest BCUT2D eigenvalue weighted by Gasteiger charge is 1.99. The van der Waals surface area contributed by atoms with Crippen molar-refractivity contribution in [3.05, 3.63) is 59.2 Å². The monoisotopic (exact) mass is 270 g/mol. The molecular formula is C17H18O3. The molecule has 0 spiro atoms. The number of ether oxygens (including phenoxy) is 2. The first-order valence-electron chi connectivity index (χ1n) is 6.36. The van der Waals surface area contributed by atoms with E-state index in [4.69, 9.17) is 14.6 Å². The molecule has 2 rings (SSSR count). The molecule has 2 aromatic carbocycles. The van der Waals surface area contributed by atoms with Crippen LogP contribution in [0.3, 0.4) is 0 Å². The summed E-state index contributed by atoms with van der Waals surface area (Å²) < 4.78 is 10.5. The molecule has 2 aromatic rings. The van der Waals surface area contributed by atoms with Crippen molar-refractivity contribution in [2.75, 3.05) is 14.2 Å². The van der Waals surface area contributed by atoms with Crippen LogP contribution in [-0.2, 0) is 6.61 Å². The maximum atomic E-state index is 9.01. The number of methoxy groups -OCH3 is 2. The molecule has 3 nitrogen and oxygen atoms in total. The van der Waals surface area contributed by atoms with Crippen LogP contribution in [0.1, 0.15) is 16.7 Å². The molecule has 0 saturated heterocycles. The molecule has 0 unspecified atom stereocenters. The molecule has 0 aliphatic carbocycles. The molecule has 0 atom stereocenters. The maximum Gasteiger partial charge on any atom is 0.123 e. The minimum Gasteiger partial charge on any atom is -0.497 e. The molecule has 20 heavy (non-hydrogen) atoms. The molecule has 0 aliphatic rings. The van der Waals surface area contributed by atoms with Crippen LogP contribution in [0.5, 0.6) is 11.5 Å². The summed E-state index contributed by atoms with van der Waals surface area (Å²) in [5.41, 5.74) is 2.99. The molecule has 0 saturated carbocycles. The number of hydrogen-bond donors (Lipinski definition) is 1. The Morgan fingerprint density at radius 1 is 0.850 bits per heavy atom. The van der Waals surface area contributed by atoms with E-state index >= 15 is 0 Å². The Hall–Kier alpha value is -2.26. The average Bonchev–Trinajstić information content (AvgIpc) is 2.53. The van der Waals surface area contributed by atoms with Crippen LogP contribution in [0, 0.1) is 0 Å². The highest BCUT2D eigenvalue weighted by molar-refractivity contribution is 5.71. The highest BCUT2D eigenvalue weighted by Crippen LogP contribution is 2.23. The first-order valence-corrected chi connectivity index (χ1v) is 6.36. The van der Waals surface area contributed by atoms with Crippen molar-refractivity contribution in [3.8, 4) is 11.5 Å². The van der Waals surface area contributed by atoms with Crippen molar-refractivity contribution in [3.63, 3.8) is 0 Å². The molecule has 3 heteroatoms. The van der Waals surface area contributed by atoms with Crippen LogP contribution in [0.15, 0.2) is 42.5 Å². The fraction of sp³-hybridized carbons (Fsp3) is 0.176. The van der Waals surface area contributed by atoms with Gasteiger partial charge in [0.2, 0.25) is 0 Å². The normalized spacial score (nSPS) is 10.8. The second-order valence-corrected chi connectivity index (χ2v) is 4.38. The van der Waals surface area contributed by atoms with E-state index in [0.717, 1.165) is 28.2 Å². The molecular weight excluding hydrogens is 252 g/mol. The van der Waals surface area contributed by atoms with E-state index in [1.807, 2.05) is 54.6 Å². The van der Waals surface area contributed by atoms with Crippen molar-refractivity contribution in [2.45, 2.75) is 6.61 Å². The lowest BCUT2D eigenvalue weighted by Gasteiger charge is -2.05. The minimum atomic E-state index is 0.0665. The number of hydrogen-bond acceptors (Lipinski definition) is 3. The fourth-order valence-corrected chi connectivity index (χ4v) is 1.85. The molecule has 0 radical (unpaired) electrons. The van der Waals surface area contributed by atoms with E-state index in [2.05, 4.69) is 0 Å². The summed E-state index contributed by atoms with van der Waals surface area (Å²) in [6, 6.07) is 13.5. The van der Waals surface area contributed by atoms with Crippen molar-refractivity contribution in [1.29, 1.82) is 0 Å². The van der Waals surface area contributed by atoms with Crippen molar-refractivity contribution < 1.29 is 14.6 Å². The molecule has 0 aliphatic heterocycles. The summed E-state index contributed by atoms with van der Waals surface area (Å²) >= 11 is 0. The van der Waals surface area contributed by atoms with Gasteiger partial charge < -0.3 is 14.6 Å². The largest absolute Gasteiger partial charge is 0.497 e. The Morgan fingerprint density at radius 2 is 1.40 bits per heavy atom. The zero-order valence-electron chi connectivity index (χ0n) is 11.7. The van der Waals surface area contributed by atoms with E-state index in [1.54, 1.807) is 14.2 Å². The van der Waals surface area contributed by atoms with Crippen LogP contribution in [0.25, 0.3) is 12.2 Å². The second-order valence-electron chi connectivity index (χ2n) is 4.38. The van der Waals surface area contributed by atoms with Gasteiger partial charge in [0, 0.05) is 6.07 Å². The predicted octanol–water partition coefficient (Wildman–Crippen LogP) is 3.37. The van der Waals surface area contributed by atoms with E-state index < -0.39 is 0 Å². The van der Waals surface area contributed by atoms with Crippen molar-refractivity contribution in [1.82, 2.24) is 0 Å². The lowest BCUT2D eigenvalue weighted by Crippen LogP contribution is -1.88. The van der Waals surface area contributed by atoms with Gasteiger partial charge in [0.25, 0.3) is 0 Å². The van der Waals surface area contributed by atoms with Gasteiger partial charge in [-0.2, -0.15) is 0 Å². The zero-order valence-corrected chi connectivity index (χ0v) is 11.7. The van der Waals surface area contributed by atoms with Gasteiger partial charge in [0.1, 0.15) is 11.5 Å². The third-order valence-electron chi connectivity index (χ3n) is 3.00. The first kappa shape index (κ1) is 14.2. The third-order valence-corrected chi connectivity index (χ3v) is 3.00. The SMILES string of the molecule is COc1cc(/C=C\c2ccc(CO)cc2)cc(OC)c1. The molecule has 104 valence electrons. The summed E-state index contributed by atoms with van der Waals surface area (Å²) in [6.07, 6.45) is 4.01. The van der Waals surface area contributed by atoms with Crippen LogP contribution in [0.2, 0.25) is 0 Å². The van der Waals surface area contributed by atoms with Crippen molar-refractivity contribution in [2.24, 2.45) is 0 Å². The topological polar surface area (TPSA) is 38.7 Å². The van der Waals surface area contributed by atoms with E-state index in [-0.39, 0.29) is 6.61 Å². The maximum absolute atomic E-state index is 9.01. The molecule has 0 fully saturated rings. The summed E-state index contributed by atoms with van der Waals surface area (Å²) in [5.74, 6) is 1.53. The highest BCUT2D eigenvalue weighted by atomic mass is 16.5. The van der Waals surface area contributed by atoms with Gasteiger partial charge in [0.05, 0.1) is 20.8 Å². The van der Waals surface area contributed by atoms with E-state index in [9.17, 15) is 0 Å². The number of aliphatic hydroxyl groups excluding tert-OH is 1. The number of rotatable bonds is 5. The summed E-state index contributed by atoms with van der Waals surface area (Å²) in [7, 11) is 3.27. The van der Waals surface area contributed by atoms with Gasteiger partial charge in [-0.25, -0.2) is 0 Å². The summed E-state index contributed by atoms with van der Waals surface area (Å²) in [5, 5.41) is 9.01. The predicted molar refractivity (Wildman–Crippen MR) is 80.8 cm³/mol. The Morgan fingerprint density at radius 3 is 1.90 bits per heavy atom. The number of benzene rings is 2. The summed E-state index contributed by atoms with van der Waals surface area (Å²) in [4.78, 5) is 0. The van der Waals surface area contributed by atoms with Crippen molar-refractivity contribution >= 4 is 12.2 Å². The molecule has 0 heterocycles. The van der Waals surface area contributed by atoms with E-state index in [1.165, 1.54) is 0 Å². The van der Waals surface area contributed by atoms with Gasteiger partial charge in [-0.05, 0) is 28.8 Å². The standard InChI is InChI=1S/C17H18O3/c1-19-16-9-15(10-17(11-16)20-2)8-5-13-3-6-14(12-18)7-4-13/h3-11,18H,12H2,1-2H3/b8-5-. The second kappa shape index (κ2) is 6.78. The Kier molecular flexibility index (Phi) is 4.80. The van der Waals surface area contributed by atoms with Crippen LogP contribution in [-0.4, -0.2) is 19.3 Å². The Balaban J connectivity index is 2.21. The van der Waals surface area contributed by atoms with Crippen LogP contribution < -0.4 is 9.47 Å². The van der Waals surface area contributed by atoms with Crippen LogP contribution in [0.4, 0.5) is 0 Å². The van der Waals surface area contributed by atoms with Gasteiger partial charge >= 0.3 is 0 Å². The lowest BCUT2D eigenvalue weighted by molar-refractivity contribution is 0.282. The van der Waals surface area contributed by atoms with Gasteiger partial charge in [0.15, 0.2) is 0 Å². The van der Waals surface area contributed by atoms with Crippen LogP contribution >= 0.6 is 0 Å². The zero-order chi connectivity index (χ0) is 14.4. The fourth-order valence-electron chi connectivity index (χ4n) is 1.85. The molecule has 0 amide bonds. The Labute approximate surface area is 119 Å². The number of aliphatic hydroxyl groups is 1. The quantitative estimate of drug-likeness (QED) is 0.847. The average molecular weight is 270 g/mol. The van der Waals surface area contributed by atoms with Gasteiger partial charge in [-0.3, -0.25) is 0 Å². The van der Waals surface area contributed by atoms with Gasteiger partial charge in [-0.15, -0.1) is 0 Å². The smallest absolute Gasteiger partial charge is 0.123 e. The molecule has 0 aromatic heterocycles.